The van der Waals surface area contributed by atoms with Crippen LogP contribution in [0.4, 0.5) is 5.69 Å². The van der Waals surface area contributed by atoms with Crippen LogP contribution >= 0.6 is 0 Å². The first-order chi connectivity index (χ1) is 5.77. The molecule has 0 unspecified atom stereocenters. The van der Waals surface area contributed by atoms with Gasteiger partial charge in [0.25, 0.3) is 5.56 Å². The molecule has 0 aliphatic carbocycles. The molecule has 12 heavy (non-hydrogen) atoms. The number of fused-ring (bicyclic) bond motifs is 1. The highest BCUT2D eigenvalue weighted by Gasteiger charge is 2.10. The van der Waals surface area contributed by atoms with E-state index in [1.165, 1.54) is 0 Å². The Hall–Kier alpha value is -1.29. The highest BCUT2D eigenvalue weighted by molar-refractivity contribution is 5.40. The van der Waals surface area contributed by atoms with Gasteiger partial charge in [0.1, 0.15) is 0 Å². The van der Waals surface area contributed by atoms with Crippen LogP contribution in [0.2, 0.25) is 0 Å². The molecule has 0 saturated heterocycles. The molecule has 0 bridgehead atoms. The minimum absolute atomic E-state index is 0.183. The number of aromatic amines is 1. The minimum Gasteiger partial charge on any atom is -0.394 e. The van der Waals surface area contributed by atoms with Crippen molar-refractivity contribution in [3.05, 3.63) is 27.7 Å². The Balaban J connectivity index is 2.56. The van der Waals surface area contributed by atoms with Crippen molar-refractivity contribution in [3.8, 4) is 0 Å². The van der Waals surface area contributed by atoms with Crippen LogP contribution in [0.5, 0.6) is 0 Å². The lowest BCUT2D eigenvalue weighted by Gasteiger charge is -2.16. The Kier molecular flexibility index (Phi) is 1.62. The lowest BCUT2D eigenvalue weighted by atomic mass is 10.1. The fourth-order valence-electron chi connectivity index (χ4n) is 1.45. The van der Waals surface area contributed by atoms with E-state index in [1.54, 1.807) is 6.07 Å². The molecule has 0 atom stereocenters. The SMILES string of the molecule is Nc1cc2c([nH]c1=O)CNCC2. The van der Waals surface area contributed by atoms with Crippen molar-refractivity contribution in [1.29, 1.82) is 0 Å². The summed E-state index contributed by atoms with van der Waals surface area (Å²) in [6.45, 7) is 1.70. The van der Waals surface area contributed by atoms with Crippen molar-refractivity contribution in [3.63, 3.8) is 0 Å². The van der Waals surface area contributed by atoms with Gasteiger partial charge in [0.2, 0.25) is 0 Å². The van der Waals surface area contributed by atoms with Crippen LogP contribution < -0.4 is 16.6 Å². The van der Waals surface area contributed by atoms with E-state index < -0.39 is 0 Å². The molecular formula is C8H11N3O. The molecule has 4 heteroatoms. The Labute approximate surface area is 69.8 Å². The van der Waals surface area contributed by atoms with Crippen LogP contribution in [0.1, 0.15) is 11.3 Å². The quantitative estimate of drug-likeness (QED) is 0.490. The maximum Gasteiger partial charge on any atom is 0.271 e. The van der Waals surface area contributed by atoms with E-state index in [0.717, 1.165) is 30.8 Å². The van der Waals surface area contributed by atoms with Gasteiger partial charge < -0.3 is 16.0 Å². The lowest BCUT2D eigenvalue weighted by molar-refractivity contribution is 0.625. The monoisotopic (exact) mass is 165 g/mol. The number of aromatic nitrogens is 1. The van der Waals surface area contributed by atoms with Gasteiger partial charge in [-0.25, -0.2) is 0 Å². The van der Waals surface area contributed by atoms with Crippen molar-refractivity contribution in [2.45, 2.75) is 13.0 Å². The summed E-state index contributed by atoms with van der Waals surface area (Å²) in [6.07, 6.45) is 0.941. The molecular weight excluding hydrogens is 154 g/mol. The average Bonchev–Trinajstić information content (AvgIpc) is 2.07. The number of hydrogen-bond acceptors (Lipinski definition) is 3. The third-order valence-electron chi connectivity index (χ3n) is 2.12. The van der Waals surface area contributed by atoms with E-state index in [4.69, 9.17) is 5.73 Å². The van der Waals surface area contributed by atoms with Crippen LogP contribution in [-0.4, -0.2) is 11.5 Å². The summed E-state index contributed by atoms with van der Waals surface area (Å²) in [6, 6.07) is 1.77. The second kappa shape index (κ2) is 2.64. The van der Waals surface area contributed by atoms with Crippen molar-refractivity contribution in [1.82, 2.24) is 10.3 Å². The van der Waals surface area contributed by atoms with Crippen LogP contribution in [-0.2, 0) is 13.0 Å². The predicted octanol–water partition coefficient (Wildman–Crippen LogP) is -0.397. The van der Waals surface area contributed by atoms with Crippen LogP contribution in [0.25, 0.3) is 0 Å². The minimum atomic E-state index is -0.183. The molecule has 1 aromatic heterocycles. The second-order valence-corrected chi connectivity index (χ2v) is 2.98. The Morgan fingerprint density at radius 2 is 2.33 bits per heavy atom. The number of pyridine rings is 1. The van der Waals surface area contributed by atoms with E-state index in [9.17, 15) is 4.79 Å². The summed E-state index contributed by atoms with van der Waals surface area (Å²) < 4.78 is 0. The summed E-state index contributed by atoms with van der Waals surface area (Å²) in [7, 11) is 0. The molecule has 1 aliphatic rings. The number of anilines is 1. The van der Waals surface area contributed by atoms with Crippen molar-refractivity contribution in [2.24, 2.45) is 0 Å². The fourth-order valence-corrected chi connectivity index (χ4v) is 1.45. The number of nitrogens with two attached hydrogens (primary N) is 1. The fraction of sp³-hybridized carbons (Fsp3) is 0.375. The van der Waals surface area contributed by atoms with Crippen LogP contribution in [0.3, 0.4) is 0 Å². The van der Waals surface area contributed by atoms with Crippen molar-refractivity contribution >= 4 is 5.69 Å². The zero-order valence-corrected chi connectivity index (χ0v) is 6.68. The molecule has 2 heterocycles. The number of nitrogen functional groups attached to an aromatic ring is 1. The Morgan fingerprint density at radius 3 is 3.17 bits per heavy atom. The number of nitrogens with one attached hydrogen (secondary N) is 2. The first-order valence-electron chi connectivity index (χ1n) is 3.98. The molecule has 1 aliphatic heterocycles. The molecule has 0 fully saturated rings. The summed E-state index contributed by atoms with van der Waals surface area (Å²) in [4.78, 5) is 13.8. The number of hydrogen-bond donors (Lipinski definition) is 3. The van der Waals surface area contributed by atoms with Crippen LogP contribution in [0, 0.1) is 0 Å². The molecule has 0 aromatic carbocycles. The summed E-state index contributed by atoms with van der Waals surface area (Å²) in [5.41, 5.74) is 7.74. The van der Waals surface area contributed by atoms with Gasteiger partial charge in [0, 0.05) is 12.2 Å². The maximum absolute atomic E-state index is 11.1. The molecule has 64 valence electrons. The van der Waals surface area contributed by atoms with Gasteiger partial charge in [-0.1, -0.05) is 0 Å². The van der Waals surface area contributed by atoms with Gasteiger partial charge in [-0.15, -0.1) is 0 Å². The summed E-state index contributed by atoms with van der Waals surface area (Å²) in [5, 5.41) is 3.18. The largest absolute Gasteiger partial charge is 0.394 e. The van der Waals surface area contributed by atoms with E-state index in [2.05, 4.69) is 10.3 Å². The molecule has 0 spiro atoms. The lowest BCUT2D eigenvalue weighted by Crippen LogP contribution is -2.28. The highest BCUT2D eigenvalue weighted by Crippen LogP contribution is 2.10. The van der Waals surface area contributed by atoms with Gasteiger partial charge >= 0.3 is 0 Å². The zero-order chi connectivity index (χ0) is 8.55. The summed E-state index contributed by atoms with van der Waals surface area (Å²) >= 11 is 0. The summed E-state index contributed by atoms with van der Waals surface area (Å²) in [5.74, 6) is 0. The average molecular weight is 165 g/mol. The first-order valence-corrected chi connectivity index (χ1v) is 3.98. The molecule has 0 radical (unpaired) electrons. The zero-order valence-electron chi connectivity index (χ0n) is 6.68. The van der Waals surface area contributed by atoms with Gasteiger partial charge in [-0.3, -0.25) is 4.79 Å². The van der Waals surface area contributed by atoms with E-state index in [0.29, 0.717) is 5.69 Å². The van der Waals surface area contributed by atoms with E-state index >= 15 is 0 Å². The molecule has 4 nitrogen and oxygen atoms in total. The second-order valence-electron chi connectivity index (χ2n) is 2.98. The van der Waals surface area contributed by atoms with Gasteiger partial charge in [0.05, 0.1) is 5.69 Å². The Bertz CT molecular complexity index is 356. The molecule has 0 amide bonds. The number of rotatable bonds is 0. The van der Waals surface area contributed by atoms with Gasteiger partial charge in [-0.05, 0) is 24.6 Å². The Morgan fingerprint density at radius 1 is 1.50 bits per heavy atom. The maximum atomic E-state index is 11.1. The number of H-pyrrole nitrogens is 1. The third kappa shape index (κ3) is 1.10. The van der Waals surface area contributed by atoms with Crippen molar-refractivity contribution < 1.29 is 0 Å². The topological polar surface area (TPSA) is 70.9 Å². The van der Waals surface area contributed by atoms with Gasteiger partial charge in [-0.2, -0.15) is 0 Å². The standard InChI is InChI=1S/C8H11N3O/c9-6-3-5-1-2-10-4-7(5)11-8(6)12/h3,10H,1-2,4,9H2,(H,11,12). The first kappa shape index (κ1) is 7.36. The normalized spacial score (nSPS) is 15.7. The third-order valence-corrected chi connectivity index (χ3v) is 2.12. The molecule has 0 saturated carbocycles. The highest BCUT2D eigenvalue weighted by atomic mass is 16.1. The van der Waals surface area contributed by atoms with E-state index in [-0.39, 0.29) is 5.56 Å². The predicted molar refractivity (Wildman–Crippen MR) is 46.9 cm³/mol. The molecule has 2 rings (SSSR count). The van der Waals surface area contributed by atoms with E-state index in [1.807, 2.05) is 0 Å². The van der Waals surface area contributed by atoms with Crippen LogP contribution in [0.15, 0.2) is 10.9 Å². The molecule has 4 N–H and O–H groups in total. The smallest absolute Gasteiger partial charge is 0.271 e. The molecule has 1 aromatic rings. The van der Waals surface area contributed by atoms with Gasteiger partial charge in [0.15, 0.2) is 0 Å². The van der Waals surface area contributed by atoms with Crippen molar-refractivity contribution in [2.75, 3.05) is 12.3 Å².